The van der Waals surface area contributed by atoms with Gasteiger partial charge in [0.1, 0.15) is 5.75 Å². The highest BCUT2D eigenvalue weighted by Gasteiger charge is 2.19. The summed E-state index contributed by atoms with van der Waals surface area (Å²) in [4.78, 5) is 13.7. The van der Waals surface area contributed by atoms with Crippen LogP contribution in [0.5, 0.6) is 5.75 Å². The molecule has 0 radical (unpaired) electrons. The van der Waals surface area contributed by atoms with Gasteiger partial charge in [-0.25, -0.2) is 9.69 Å². The highest BCUT2D eigenvalue weighted by atomic mass is 16.6. The van der Waals surface area contributed by atoms with Crippen molar-refractivity contribution in [1.82, 2.24) is 0 Å². The van der Waals surface area contributed by atoms with Crippen LogP contribution in [0.2, 0.25) is 0 Å². The number of carbonyl (C=O) groups is 1. The Morgan fingerprint density at radius 2 is 1.75 bits per heavy atom. The molecule has 0 fully saturated rings. The van der Waals surface area contributed by atoms with Gasteiger partial charge in [-0.1, -0.05) is 24.3 Å². The number of methoxy groups -OCH3 is 1. The number of para-hydroxylation sites is 1. The second-order valence-electron chi connectivity index (χ2n) is 4.07. The zero-order chi connectivity index (χ0) is 14.4. The Morgan fingerprint density at radius 3 is 2.40 bits per heavy atom. The lowest BCUT2D eigenvalue weighted by molar-refractivity contribution is 0.162. The molecule has 0 aliphatic heterocycles. The average molecular weight is 271 g/mol. The van der Waals surface area contributed by atoms with E-state index in [1.54, 1.807) is 20.1 Å². The summed E-state index contributed by atoms with van der Waals surface area (Å²) >= 11 is 0. The van der Waals surface area contributed by atoms with Gasteiger partial charge in [0.2, 0.25) is 0 Å². The number of benzene rings is 2. The van der Waals surface area contributed by atoms with Crippen LogP contribution in [0.4, 0.5) is 16.2 Å². The molecule has 0 aromatic heterocycles. The SMILES string of the molecule is CCOC(=O)N(c1ccccc1)c1cccc(OC)c1. The predicted octanol–water partition coefficient (Wildman–Crippen LogP) is 3.99. The number of ether oxygens (including phenoxy) is 2. The molecule has 0 saturated heterocycles. The van der Waals surface area contributed by atoms with Gasteiger partial charge in [-0.2, -0.15) is 0 Å². The zero-order valence-electron chi connectivity index (χ0n) is 11.6. The van der Waals surface area contributed by atoms with Crippen molar-refractivity contribution in [3.05, 3.63) is 54.6 Å². The zero-order valence-corrected chi connectivity index (χ0v) is 11.6. The summed E-state index contributed by atoms with van der Waals surface area (Å²) in [6.45, 7) is 2.11. The molecule has 1 amide bonds. The van der Waals surface area contributed by atoms with Crippen molar-refractivity contribution in [2.75, 3.05) is 18.6 Å². The lowest BCUT2D eigenvalue weighted by Gasteiger charge is -2.22. The van der Waals surface area contributed by atoms with E-state index in [9.17, 15) is 4.79 Å². The third-order valence-electron chi connectivity index (χ3n) is 2.78. The van der Waals surface area contributed by atoms with Crippen LogP contribution < -0.4 is 9.64 Å². The van der Waals surface area contributed by atoms with E-state index in [0.29, 0.717) is 18.0 Å². The highest BCUT2D eigenvalue weighted by molar-refractivity contribution is 5.96. The lowest BCUT2D eigenvalue weighted by atomic mass is 10.2. The predicted molar refractivity (Wildman–Crippen MR) is 78.6 cm³/mol. The van der Waals surface area contributed by atoms with Gasteiger partial charge < -0.3 is 9.47 Å². The summed E-state index contributed by atoms with van der Waals surface area (Å²) in [5.74, 6) is 0.688. The summed E-state index contributed by atoms with van der Waals surface area (Å²) < 4.78 is 10.3. The summed E-state index contributed by atoms with van der Waals surface area (Å²) in [7, 11) is 1.59. The normalized spacial score (nSPS) is 9.90. The van der Waals surface area contributed by atoms with E-state index in [1.165, 1.54) is 4.90 Å². The highest BCUT2D eigenvalue weighted by Crippen LogP contribution is 2.28. The Kier molecular flexibility index (Phi) is 4.60. The van der Waals surface area contributed by atoms with Gasteiger partial charge in [0.25, 0.3) is 0 Å². The van der Waals surface area contributed by atoms with Crippen LogP contribution >= 0.6 is 0 Å². The minimum absolute atomic E-state index is 0.326. The number of anilines is 2. The molecule has 0 saturated carbocycles. The van der Waals surface area contributed by atoms with Crippen molar-refractivity contribution in [3.63, 3.8) is 0 Å². The van der Waals surface area contributed by atoms with Gasteiger partial charge in [-0.15, -0.1) is 0 Å². The monoisotopic (exact) mass is 271 g/mol. The third kappa shape index (κ3) is 3.09. The first kappa shape index (κ1) is 13.9. The van der Waals surface area contributed by atoms with Gasteiger partial charge in [0.15, 0.2) is 0 Å². The number of hydrogen-bond donors (Lipinski definition) is 0. The van der Waals surface area contributed by atoms with Gasteiger partial charge in [-0.05, 0) is 31.2 Å². The Morgan fingerprint density at radius 1 is 1.05 bits per heavy atom. The van der Waals surface area contributed by atoms with Crippen molar-refractivity contribution < 1.29 is 14.3 Å². The molecule has 2 aromatic rings. The van der Waals surface area contributed by atoms with Crippen molar-refractivity contribution in [2.45, 2.75) is 6.92 Å². The molecular weight excluding hydrogens is 254 g/mol. The minimum atomic E-state index is -0.410. The van der Waals surface area contributed by atoms with E-state index in [4.69, 9.17) is 9.47 Å². The maximum absolute atomic E-state index is 12.2. The summed E-state index contributed by atoms with van der Waals surface area (Å²) in [6, 6.07) is 16.7. The van der Waals surface area contributed by atoms with Crippen LogP contribution in [0.15, 0.2) is 54.6 Å². The molecule has 0 aliphatic carbocycles. The first-order valence-electron chi connectivity index (χ1n) is 6.42. The topological polar surface area (TPSA) is 38.8 Å². The van der Waals surface area contributed by atoms with Crippen LogP contribution in [0.1, 0.15) is 6.92 Å². The van der Waals surface area contributed by atoms with Crippen LogP contribution in [0.3, 0.4) is 0 Å². The van der Waals surface area contributed by atoms with E-state index < -0.39 is 6.09 Å². The van der Waals surface area contributed by atoms with Crippen LogP contribution in [0, 0.1) is 0 Å². The molecule has 0 N–H and O–H groups in total. The van der Waals surface area contributed by atoms with Crippen LogP contribution in [0.25, 0.3) is 0 Å². The molecule has 20 heavy (non-hydrogen) atoms. The molecule has 4 heteroatoms. The molecule has 0 aliphatic rings. The fourth-order valence-corrected chi connectivity index (χ4v) is 1.87. The molecule has 2 rings (SSSR count). The van der Waals surface area contributed by atoms with Gasteiger partial charge in [0, 0.05) is 6.07 Å². The molecule has 0 bridgehead atoms. The van der Waals surface area contributed by atoms with E-state index in [2.05, 4.69) is 0 Å². The average Bonchev–Trinajstić information content (AvgIpc) is 2.49. The van der Waals surface area contributed by atoms with Gasteiger partial charge in [-0.3, -0.25) is 0 Å². The van der Waals surface area contributed by atoms with Crippen molar-refractivity contribution >= 4 is 17.5 Å². The number of carbonyl (C=O) groups excluding carboxylic acids is 1. The fraction of sp³-hybridized carbons (Fsp3) is 0.188. The number of rotatable bonds is 4. The second kappa shape index (κ2) is 6.61. The Hall–Kier alpha value is -2.49. The number of hydrogen-bond acceptors (Lipinski definition) is 3. The van der Waals surface area contributed by atoms with Crippen LogP contribution in [-0.4, -0.2) is 19.8 Å². The third-order valence-corrected chi connectivity index (χ3v) is 2.78. The Bertz CT molecular complexity index is 569. The van der Waals surface area contributed by atoms with E-state index >= 15 is 0 Å². The summed E-state index contributed by atoms with van der Waals surface area (Å²) in [5, 5.41) is 0. The maximum Gasteiger partial charge on any atom is 0.418 e. The molecule has 4 nitrogen and oxygen atoms in total. The van der Waals surface area contributed by atoms with Crippen molar-refractivity contribution in [1.29, 1.82) is 0 Å². The van der Waals surface area contributed by atoms with E-state index in [-0.39, 0.29) is 0 Å². The van der Waals surface area contributed by atoms with Crippen molar-refractivity contribution in [2.24, 2.45) is 0 Å². The summed E-state index contributed by atoms with van der Waals surface area (Å²) in [5.41, 5.74) is 1.45. The first-order valence-corrected chi connectivity index (χ1v) is 6.42. The van der Waals surface area contributed by atoms with Crippen molar-refractivity contribution in [3.8, 4) is 5.75 Å². The smallest absolute Gasteiger partial charge is 0.418 e. The lowest BCUT2D eigenvalue weighted by Crippen LogP contribution is -2.26. The van der Waals surface area contributed by atoms with Gasteiger partial charge >= 0.3 is 6.09 Å². The molecule has 104 valence electrons. The maximum atomic E-state index is 12.2. The molecule has 0 atom stereocenters. The minimum Gasteiger partial charge on any atom is -0.497 e. The molecule has 0 spiro atoms. The van der Waals surface area contributed by atoms with E-state index in [1.807, 2.05) is 48.5 Å². The Labute approximate surface area is 118 Å². The molecule has 0 unspecified atom stereocenters. The number of nitrogens with zero attached hydrogens (tertiary/aromatic N) is 1. The van der Waals surface area contributed by atoms with Gasteiger partial charge in [0.05, 0.1) is 25.1 Å². The molecular formula is C16H17NO3. The quantitative estimate of drug-likeness (QED) is 0.844. The first-order chi connectivity index (χ1) is 9.76. The van der Waals surface area contributed by atoms with Crippen LogP contribution in [-0.2, 0) is 4.74 Å². The molecule has 0 heterocycles. The summed E-state index contributed by atoms with van der Waals surface area (Å²) in [6.07, 6.45) is -0.410. The fourth-order valence-electron chi connectivity index (χ4n) is 1.87. The molecule has 2 aromatic carbocycles. The standard InChI is InChI=1S/C16H17NO3/c1-3-20-16(18)17(13-8-5-4-6-9-13)14-10-7-11-15(12-14)19-2/h4-12H,3H2,1-2H3. The number of amides is 1. The van der Waals surface area contributed by atoms with E-state index in [0.717, 1.165) is 5.69 Å². The largest absolute Gasteiger partial charge is 0.497 e. The Balaban J connectivity index is 2.43. The second-order valence-corrected chi connectivity index (χ2v) is 4.07.